The Labute approximate surface area is 119 Å². The minimum atomic E-state index is -0.280. The van der Waals surface area contributed by atoms with Crippen molar-refractivity contribution in [3.63, 3.8) is 0 Å². The van der Waals surface area contributed by atoms with Crippen molar-refractivity contribution in [3.8, 4) is 0 Å². The predicted octanol–water partition coefficient (Wildman–Crippen LogP) is 2.21. The van der Waals surface area contributed by atoms with Gasteiger partial charge in [0.1, 0.15) is 0 Å². The summed E-state index contributed by atoms with van der Waals surface area (Å²) in [5.41, 5.74) is 1.97. The lowest BCUT2D eigenvalue weighted by Gasteiger charge is -2.09. The molecule has 3 N–H and O–H groups in total. The van der Waals surface area contributed by atoms with Gasteiger partial charge in [0.2, 0.25) is 5.91 Å². The molecule has 5 heteroatoms. The van der Waals surface area contributed by atoms with Crippen LogP contribution in [0.3, 0.4) is 0 Å². The number of carbonyl (C=O) groups is 2. The van der Waals surface area contributed by atoms with Gasteiger partial charge < -0.3 is 16.0 Å². The van der Waals surface area contributed by atoms with Gasteiger partial charge >= 0.3 is 6.03 Å². The smallest absolute Gasteiger partial charge is 0.315 e. The standard InChI is InChI=1S/C15H21N3O2/c1-10(2)11-3-5-12(6-4-11)17-14(19)9-16-15(20)18-13-7-8-13/h3-6,10,13H,7-9H2,1-2H3,(H,17,19)(H2,16,18,20). The second-order valence-corrected chi connectivity index (χ2v) is 5.43. The van der Waals surface area contributed by atoms with E-state index in [4.69, 9.17) is 0 Å². The van der Waals surface area contributed by atoms with E-state index in [9.17, 15) is 9.59 Å². The number of rotatable bonds is 5. The molecule has 0 radical (unpaired) electrons. The first-order valence-electron chi connectivity index (χ1n) is 6.99. The summed E-state index contributed by atoms with van der Waals surface area (Å²) in [4.78, 5) is 23.1. The molecule has 108 valence electrons. The molecular formula is C15H21N3O2. The van der Waals surface area contributed by atoms with Crippen LogP contribution in [-0.2, 0) is 4.79 Å². The van der Waals surface area contributed by atoms with Crippen molar-refractivity contribution in [1.82, 2.24) is 10.6 Å². The number of benzene rings is 1. The van der Waals surface area contributed by atoms with Crippen molar-refractivity contribution in [3.05, 3.63) is 29.8 Å². The second kappa shape index (κ2) is 6.41. The van der Waals surface area contributed by atoms with Crippen LogP contribution in [0.4, 0.5) is 10.5 Å². The molecule has 0 aliphatic heterocycles. The molecule has 3 amide bonds. The zero-order valence-electron chi connectivity index (χ0n) is 11.9. The molecule has 1 aliphatic carbocycles. The Kier molecular flexibility index (Phi) is 4.61. The van der Waals surface area contributed by atoms with Gasteiger partial charge in [-0.3, -0.25) is 4.79 Å². The number of nitrogens with one attached hydrogen (secondary N) is 3. The predicted molar refractivity (Wildman–Crippen MR) is 78.7 cm³/mol. The average molecular weight is 275 g/mol. The van der Waals surface area contributed by atoms with E-state index in [0.29, 0.717) is 12.0 Å². The van der Waals surface area contributed by atoms with Crippen LogP contribution >= 0.6 is 0 Å². The number of amides is 3. The Morgan fingerprint density at radius 1 is 1.20 bits per heavy atom. The van der Waals surface area contributed by atoms with E-state index in [0.717, 1.165) is 18.5 Å². The third kappa shape index (κ3) is 4.57. The first kappa shape index (κ1) is 14.4. The van der Waals surface area contributed by atoms with Gasteiger partial charge in [-0.05, 0) is 36.5 Å². The molecule has 0 saturated heterocycles. The summed E-state index contributed by atoms with van der Waals surface area (Å²) >= 11 is 0. The van der Waals surface area contributed by atoms with E-state index in [1.54, 1.807) is 0 Å². The molecule has 2 rings (SSSR count). The molecule has 0 aromatic heterocycles. The fourth-order valence-electron chi connectivity index (χ4n) is 1.78. The Hall–Kier alpha value is -2.04. The zero-order valence-corrected chi connectivity index (χ0v) is 11.9. The molecule has 0 bridgehead atoms. The molecule has 20 heavy (non-hydrogen) atoms. The third-order valence-electron chi connectivity index (χ3n) is 3.18. The molecule has 0 unspecified atom stereocenters. The maximum absolute atomic E-state index is 11.7. The summed E-state index contributed by atoms with van der Waals surface area (Å²) in [6.07, 6.45) is 2.06. The van der Waals surface area contributed by atoms with Gasteiger partial charge in [-0.15, -0.1) is 0 Å². The lowest BCUT2D eigenvalue weighted by atomic mass is 10.0. The van der Waals surface area contributed by atoms with Gasteiger partial charge in [0.25, 0.3) is 0 Å². The fourth-order valence-corrected chi connectivity index (χ4v) is 1.78. The normalized spacial score (nSPS) is 13.9. The molecule has 1 saturated carbocycles. The Balaban J connectivity index is 1.74. The van der Waals surface area contributed by atoms with E-state index < -0.39 is 0 Å². The van der Waals surface area contributed by atoms with Crippen LogP contribution < -0.4 is 16.0 Å². The van der Waals surface area contributed by atoms with Crippen molar-refractivity contribution in [2.75, 3.05) is 11.9 Å². The van der Waals surface area contributed by atoms with Crippen LogP contribution in [0.1, 0.15) is 38.2 Å². The van der Waals surface area contributed by atoms with Crippen molar-refractivity contribution >= 4 is 17.6 Å². The van der Waals surface area contributed by atoms with Crippen LogP contribution in [0, 0.1) is 0 Å². The highest BCUT2D eigenvalue weighted by atomic mass is 16.2. The third-order valence-corrected chi connectivity index (χ3v) is 3.18. The molecule has 0 heterocycles. The summed E-state index contributed by atoms with van der Waals surface area (Å²) in [6.45, 7) is 4.22. The SMILES string of the molecule is CC(C)c1ccc(NC(=O)CNC(=O)NC2CC2)cc1. The Morgan fingerprint density at radius 2 is 1.85 bits per heavy atom. The number of anilines is 1. The molecule has 1 aliphatic rings. The number of hydrogen-bond donors (Lipinski definition) is 3. The highest BCUT2D eigenvalue weighted by molar-refractivity contribution is 5.94. The lowest BCUT2D eigenvalue weighted by Crippen LogP contribution is -2.40. The summed E-state index contributed by atoms with van der Waals surface area (Å²) in [5, 5.41) is 8.06. The zero-order chi connectivity index (χ0) is 14.5. The van der Waals surface area contributed by atoms with Crippen molar-refractivity contribution in [1.29, 1.82) is 0 Å². The van der Waals surface area contributed by atoms with Crippen LogP contribution in [0.2, 0.25) is 0 Å². The minimum absolute atomic E-state index is 0.0233. The fraction of sp³-hybridized carbons (Fsp3) is 0.467. The molecule has 1 fully saturated rings. The average Bonchev–Trinajstić information content (AvgIpc) is 3.21. The Bertz CT molecular complexity index is 478. The van der Waals surface area contributed by atoms with Gasteiger partial charge in [-0.25, -0.2) is 4.79 Å². The van der Waals surface area contributed by atoms with Crippen molar-refractivity contribution in [2.24, 2.45) is 0 Å². The van der Waals surface area contributed by atoms with Gasteiger partial charge in [0, 0.05) is 11.7 Å². The van der Waals surface area contributed by atoms with Crippen LogP contribution in [0.25, 0.3) is 0 Å². The molecule has 0 atom stereocenters. The minimum Gasteiger partial charge on any atom is -0.335 e. The van der Waals surface area contributed by atoms with Crippen LogP contribution in [0.5, 0.6) is 0 Å². The van der Waals surface area contributed by atoms with Gasteiger partial charge in [-0.1, -0.05) is 26.0 Å². The number of carbonyl (C=O) groups excluding carboxylic acids is 2. The monoisotopic (exact) mass is 275 g/mol. The second-order valence-electron chi connectivity index (χ2n) is 5.43. The summed E-state index contributed by atoms with van der Waals surface area (Å²) in [5.74, 6) is 0.237. The highest BCUT2D eigenvalue weighted by Crippen LogP contribution is 2.18. The molecule has 0 spiro atoms. The number of hydrogen-bond acceptors (Lipinski definition) is 2. The van der Waals surface area contributed by atoms with Crippen LogP contribution in [0.15, 0.2) is 24.3 Å². The quantitative estimate of drug-likeness (QED) is 0.771. The maximum atomic E-state index is 11.7. The lowest BCUT2D eigenvalue weighted by molar-refractivity contribution is -0.115. The summed E-state index contributed by atoms with van der Waals surface area (Å²) < 4.78 is 0. The van der Waals surface area contributed by atoms with E-state index in [1.165, 1.54) is 5.56 Å². The largest absolute Gasteiger partial charge is 0.335 e. The van der Waals surface area contributed by atoms with Crippen LogP contribution in [-0.4, -0.2) is 24.5 Å². The Morgan fingerprint density at radius 3 is 2.40 bits per heavy atom. The summed E-state index contributed by atoms with van der Waals surface area (Å²) in [6, 6.07) is 7.75. The molecule has 1 aromatic carbocycles. The van der Waals surface area contributed by atoms with Crippen molar-refractivity contribution in [2.45, 2.75) is 38.6 Å². The first-order chi connectivity index (χ1) is 9.54. The topological polar surface area (TPSA) is 70.2 Å². The highest BCUT2D eigenvalue weighted by Gasteiger charge is 2.23. The summed E-state index contributed by atoms with van der Waals surface area (Å²) in [7, 11) is 0. The van der Waals surface area contributed by atoms with Gasteiger partial charge in [0.05, 0.1) is 6.54 Å². The number of urea groups is 1. The maximum Gasteiger partial charge on any atom is 0.315 e. The van der Waals surface area contributed by atoms with Crippen molar-refractivity contribution < 1.29 is 9.59 Å². The van der Waals surface area contributed by atoms with E-state index in [2.05, 4.69) is 29.8 Å². The van der Waals surface area contributed by atoms with E-state index in [-0.39, 0.29) is 18.5 Å². The van der Waals surface area contributed by atoms with E-state index in [1.807, 2.05) is 24.3 Å². The molecular weight excluding hydrogens is 254 g/mol. The van der Waals surface area contributed by atoms with Gasteiger partial charge in [-0.2, -0.15) is 0 Å². The molecule has 5 nitrogen and oxygen atoms in total. The molecule has 1 aromatic rings. The van der Waals surface area contributed by atoms with Gasteiger partial charge in [0.15, 0.2) is 0 Å². The first-order valence-corrected chi connectivity index (χ1v) is 6.99. The van der Waals surface area contributed by atoms with E-state index >= 15 is 0 Å².